The maximum Gasteiger partial charge on any atom is 0.416 e. The summed E-state index contributed by atoms with van der Waals surface area (Å²) in [5, 5.41) is 0. The fourth-order valence-electron chi connectivity index (χ4n) is 3.15. The third-order valence-electron chi connectivity index (χ3n) is 4.46. The standard InChI is InChI=1S/C16H19F6N/c1-23(2)14-5-3-4-10(8-14)11-6-12(15(17,18)19)9-13(7-11)16(20,21)22/h6-7,9-10,14H,3-5,8H2,1-2H3. The van der Waals surface area contributed by atoms with E-state index < -0.39 is 23.5 Å². The van der Waals surface area contributed by atoms with Crippen LogP contribution < -0.4 is 0 Å². The third-order valence-corrected chi connectivity index (χ3v) is 4.46. The second-order valence-electron chi connectivity index (χ2n) is 6.32. The molecule has 1 aliphatic carbocycles. The van der Waals surface area contributed by atoms with Gasteiger partial charge in [-0.1, -0.05) is 6.42 Å². The Morgan fingerprint density at radius 2 is 1.39 bits per heavy atom. The Morgan fingerprint density at radius 3 is 1.83 bits per heavy atom. The molecule has 0 radical (unpaired) electrons. The van der Waals surface area contributed by atoms with Gasteiger partial charge in [-0.2, -0.15) is 26.3 Å². The van der Waals surface area contributed by atoms with Gasteiger partial charge in [0.1, 0.15) is 0 Å². The summed E-state index contributed by atoms with van der Waals surface area (Å²) < 4.78 is 77.6. The van der Waals surface area contributed by atoms with E-state index in [4.69, 9.17) is 0 Å². The quantitative estimate of drug-likeness (QED) is 0.660. The van der Waals surface area contributed by atoms with E-state index in [-0.39, 0.29) is 23.6 Å². The summed E-state index contributed by atoms with van der Waals surface area (Å²) in [5.41, 5.74) is -2.32. The normalized spacial score (nSPS) is 23.3. The Hall–Kier alpha value is -1.24. The van der Waals surface area contributed by atoms with E-state index in [1.807, 2.05) is 19.0 Å². The zero-order valence-corrected chi connectivity index (χ0v) is 12.9. The highest BCUT2D eigenvalue weighted by Gasteiger charge is 2.38. The molecule has 0 spiro atoms. The van der Waals surface area contributed by atoms with Gasteiger partial charge in [0.15, 0.2) is 0 Å². The van der Waals surface area contributed by atoms with Crippen LogP contribution in [0.2, 0.25) is 0 Å². The van der Waals surface area contributed by atoms with Crippen LogP contribution >= 0.6 is 0 Å². The number of hydrogen-bond donors (Lipinski definition) is 0. The van der Waals surface area contributed by atoms with Crippen molar-refractivity contribution in [2.24, 2.45) is 0 Å². The van der Waals surface area contributed by atoms with Crippen molar-refractivity contribution in [2.75, 3.05) is 14.1 Å². The molecule has 2 unspecified atom stereocenters. The minimum atomic E-state index is -4.79. The van der Waals surface area contributed by atoms with Gasteiger partial charge in [0.25, 0.3) is 0 Å². The summed E-state index contributed by atoms with van der Waals surface area (Å²) >= 11 is 0. The molecule has 1 nitrogen and oxygen atoms in total. The molecule has 23 heavy (non-hydrogen) atoms. The highest BCUT2D eigenvalue weighted by atomic mass is 19.4. The highest BCUT2D eigenvalue weighted by molar-refractivity contribution is 5.35. The SMILES string of the molecule is CN(C)C1CCCC(c2cc(C(F)(F)F)cc(C(F)(F)F)c2)C1. The van der Waals surface area contributed by atoms with E-state index in [1.54, 1.807) is 0 Å². The molecular weight excluding hydrogens is 320 g/mol. The Labute approximate surface area is 131 Å². The molecule has 1 aromatic carbocycles. The van der Waals surface area contributed by atoms with Crippen molar-refractivity contribution in [1.82, 2.24) is 4.90 Å². The molecular formula is C16H19F6N. The molecule has 1 aliphatic rings. The van der Waals surface area contributed by atoms with Crippen LogP contribution in [0.15, 0.2) is 18.2 Å². The van der Waals surface area contributed by atoms with Crippen molar-refractivity contribution in [2.45, 2.75) is 50.0 Å². The van der Waals surface area contributed by atoms with E-state index in [0.29, 0.717) is 12.8 Å². The van der Waals surface area contributed by atoms with Gasteiger partial charge in [0.05, 0.1) is 11.1 Å². The number of alkyl halides is 6. The van der Waals surface area contributed by atoms with Gasteiger partial charge in [-0.25, -0.2) is 0 Å². The smallest absolute Gasteiger partial charge is 0.306 e. The lowest BCUT2D eigenvalue weighted by molar-refractivity contribution is -0.143. The van der Waals surface area contributed by atoms with Crippen LogP contribution in [0.5, 0.6) is 0 Å². The van der Waals surface area contributed by atoms with Gasteiger partial charge in [0, 0.05) is 6.04 Å². The minimum absolute atomic E-state index is 0.138. The predicted octanol–water partition coefficient (Wildman–Crippen LogP) is 5.31. The highest BCUT2D eigenvalue weighted by Crippen LogP contribution is 2.41. The van der Waals surface area contributed by atoms with Crippen molar-refractivity contribution in [3.63, 3.8) is 0 Å². The molecule has 0 amide bonds. The molecule has 0 bridgehead atoms. The fraction of sp³-hybridized carbons (Fsp3) is 0.625. The van der Waals surface area contributed by atoms with E-state index in [1.165, 1.54) is 0 Å². The molecule has 0 aliphatic heterocycles. The summed E-state index contributed by atoms with van der Waals surface area (Å²) in [6.45, 7) is 0. The van der Waals surface area contributed by atoms with Gasteiger partial charge < -0.3 is 4.90 Å². The van der Waals surface area contributed by atoms with Gasteiger partial charge in [-0.15, -0.1) is 0 Å². The van der Waals surface area contributed by atoms with Crippen LogP contribution in [0.4, 0.5) is 26.3 Å². The summed E-state index contributed by atoms with van der Waals surface area (Å²) in [5.74, 6) is -0.278. The number of nitrogens with zero attached hydrogens (tertiary/aromatic N) is 1. The number of halogens is 6. The van der Waals surface area contributed by atoms with Crippen molar-refractivity contribution < 1.29 is 26.3 Å². The molecule has 1 aromatic rings. The van der Waals surface area contributed by atoms with Crippen molar-refractivity contribution in [1.29, 1.82) is 0 Å². The van der Waals surface area contributed by atoms with Gasteiger partial charge in [-0.3, -0.25) is 0 Å². The number of rotatable bonds is 2. The van der Waals surface area contributed by atoms with Crippen LogP contribution in [-0.4, -0.2) is 25.0 Å². The van der Waals surface area contributed by atoms with Crippen LogP contribution in [0.1, 0.15) is 48.3 Å². The van der Waals surface area contributed by atoms with E-state index in [0.717, 1.165) is 25.0 Å². The van der Waals surface area contributed by atoms with Gasteiger partial charge >= 0.3 is 12.4 Å². The zero-order chi connectivity index (χ0) is 17.4. The summed E-state index contributed by atoms with van der Waals surface area (Å²) in [7, 11) is 3.75. The van der Waals surface area contributed by atoms with Crippen molar-refractivity contribution in [3.8, 4) is 0 Å². The zero-order valence-electron chi connectivity index (χ0n) is 12.9. The molecule has 0 N–H and O–H groups in total. The average Bonchev–Trinajstić information content (AvgIpc) is 2.45. The summed E-state index contributed by atoms with van der Waals surface area (Å²) in [4.78, 5) is 1.98. The second-order valence-corrected chi connectivity index (χ2v) is 6.32. The molecule has 0 heterocycles. The maximum atomic E-state index is 12.9. The molecule has 7 heteroatoms. The lowest BCUT2D eigenvalue weighted by Crippen LogP contribution is -2.32. The number of benzene rings is 1. The monoisotopic (exact) mass is 339 g/mol. The Kier molecular flexibility index (Phi) is 4.99. The minimum Gasteiger partial charge on any atom is -0.306 e. The third kappa shape index (κ3) is 4.40. The Balaban J connectivity index is 2.41. The van der Waals surface area contributed by atoms with E-state index in [9.17, 15) is 26.3 Å². The lowest BCUT2D eigenvalue weighted by Gasteiger charge is -2.34. The molecule has 2 rings (SSSR count). The topological polar surface area (TPSA) is 3.24 Å². The Bertz CT molecular complexity index is 514. The first-order valence-electron chi connectivity index (χ1n) is 7.44. The van der Waals surface area contributed by atoms with Gasteiger partial charge in [0.2, 0.25) is 0 Å². The molecule has 130 valence electrons. The van der Waals surface area contributed by atoms with E-state index >= 15 is 0 Å². The summed E-state index contributed by atoms with van der Waals surface area (Å²) in [6.07, 6.45) is -6.68. The first kappa shape index (κ1) is 18.1. The van der Waals surface area contributed by atoms with Crippen LogP contribution in [0.25, 0.3) is 0 Å². The number of hydrogen-bond acceptors (Lipinski definition) is 1. The molecule has 2 atom stereocenters. The molecule has 0 saturated heterocycles. The maximum absolute atomic E-state index is 12.9. The van der Waals surface area contributed by atoms with Crippen LogP contribution in [-0.2, 0) is 12.4 Å². The molecule has 0 aromatic heterocycles. The largest absolute Gasteiger partial charge is 0.416 e. The summed E-state index contributed by atoms with van der Waals surface area (Å²) in [6, 6.07) is 2.11. The predicted molar refractivity (Wildman–Crippen MR) is 75.1 cm³/mol. The first-order valence-corrected chi connectivity index (χ1v) is 7.44. The van der Waals surface area contributed by atoms with Gasteiger partial charge in [-0.05, 0) is 63.0 Å². The van der Waals surface area contributed by atoms with Crippen molar-refractivity contribution >= 4 is 0 Å². The lowest BCUT2D eigenvalue weighted by atomic mass is 9.80. The van der Waals surface area contributed by atoms with E-state index in [2.05, 4.69) is 0 Å². The van der Waals surface area contributed by atoms with Crippen LogP contribution in [0.3, 0.4) is 0 Å². The van der Waals surface area contributed by atoms with Crippen LogP contribution in [0, 0.1) is 0 Å². The second kappa shape index (κ2) is 6.34. The molecule has 1 saturated carbocycles. The Morgan fingerprint density at radius 1 is 0.870 bits per heavy atom. The molecule has 1 fully saturated rings. The van der Waals surface area contributed by atoms with Crippen molar-refractivity contribution in [3.05, 3.63) is 34.9 Å². The first-order chi connectivity index (χ1) is 10.5. The average molecular weight is 339 g/mol. The fourth-order valence-corrected chi connectivity index (χ4v) is 3.15.